The molecule has 1 aliphatic heterocycles. The van der Waals surface area contributed by atoms with Gasteiger partial charge in [0.25, 0.3) is 40.0 Å². The van der Waals surface area contributed by atoms with E-state index in [1.807, 2.05) is 0 Å². The van der Waals surface area contributed by atoms with Gasteiger partial charge in [0, 0.05) is 5.04 Å². The number of hydrogen-bond acceptors (Lipinski definition) is 5. The van der Waals surface area contributed by atoms with Crippen molar-refractivity contribution in [3.63, 3.8) is 0 Å². The van der Waals surface area contributed by atoms with E-state index in [0.717, 1.165) is 0 Å². The minimum Gasteiger partial charge on any atom is -0.425 e. The molecule has 1 fully saturated rings. The maximum Gasteiger partial charge on any atom is 0.308 e. The van der Waals surface area contributed by atoms with Crippen LogP contribution in [-0.2, 0) is 20.6 Å². The second-order valence-electron chi connectivity index (χ2n) is 4.12. The third-order valence-electron chi connectivity index (χ3n) is 1.65. The third kappa shape index (κ3) is 5.10. The van der Waals surface area contributed by atoms with E-state index in [9.17, 15) is 0 Å². The van der Waals surface area contributed by atoms with Gasteiger partial charge in [-0.15, -0.1) is 0 Å². The molecule has 0 aromatic heterocycles. The van der Waals surface area contributed by atoms with Gasteiger partial charge in [0.2, 0.25) is 0 Å². The predicted octanol–water partition coefficient (Wildman–Crippen LogP) is -2.90. The summed E-state index contributed by atoms with van der Waals surface area (Å²) < 4.78 is 27.6. The van der Waals surface area contributed by atoms with Gasteiger partial charge < -0.3 is 20.6 Å². The van der Waals surface area contributed by atoms with E-state index in [0.29, 0.717) is 0 Å². The van der Waals surface area contributed by atoms with Crippen LogP contribution in [0, 0.1) is 0 Å². The van der Waals surface area contributed by atoms with Gasteiger partial charge in [-0.1, -0.05) is 20.8 Å². The van der Waals surface area contributed by atoms with E-state index in [4.69, 9.17) is 20.6 Å². The van der Waals surface area contributed by atoms with Crippen molar-refractivity contribution in [2.45, 2.75) is 25.8 Å². The first-order valence-corrected chi connectivity index (χ1v) is 10.7. The fourth-order valence-electron chi connectivity index (χ4n) is 0.988. The van der Waals surface area contributed by atoms with Crippen LogP contribution >= 0.6 is 0 Å². The van der Waals surface area contributed by atoms with Crippen LogP contribution in [0.25, 0.3) is 0 Å². The van der Waals surface area contributed by atoms with Crippen molar-refractivity contribution >= 4 is 49.3 Å². The van der Waals surface area contributed by atoms with Crippen LogP contribution in [0.5, 0.6) is 0 Å². The Balaban J connectivity index is 2.38. The van der Waals surface area contributed by atoms with E-state index < -0.39 is 49.3 Å². The predicted molar refractivity (Wildman–Crippen MR) is 66.5 cm³/mol. The Hall–Kier alpha value is 0.884. The molecule has 1 aliphatic rings. The average Bonchev–Trinajstić information content (AvgIpc) is 2.12. The smallest absolute Gasteiger partial charge is 0.308 e. The first kappa shape index (κ1) is 13.0. The maximum atomic E-state index is 5.74. The molecule has 0 aliphatic carbocycles. The normalized spacial score (nSPS) is 34.1. The molecule has 84 valence electrons. The molecule has 0 aromatic carbocycles. The fourth-order valence-corrected chi connectivity index (χ4v) is 13.6. The largest absolute Gasteiger partial charge is 0.425 e. The molecular weight excluding hydrogens is 268 g/mol. The lowest BCUT2D eigenvalue weighted by molar-refractivity contribution is 0.313. The Morgan fingerprint density at radius 2 is 1.21 bits per heavy atom. The summed E-state index contributed by atoms with van der Waals surface area (Å²) in [5.74, 6) is 0. The molecule has 5 nitrogen and oxygen atoms in total. The van der Waals surface area contributed by atoms with Crippen molar-refractivity contribution in [1.82, 2.24) is 0 Å². The first-order valence-electron chi connectivity index (χ1n) is 4.57. The lowest BCUT2D eigenvalue weighted by Crippen LogP contribution is -2.38. The van der Waals surface area contributed by atoms with Gasteiger partial charge in [0.1, 0.15) is 0 Å². The van der Waals surface area contributed by atoms with Crippen LogP contribution in [0.4, 0.5) is 0 Å². The highest BCUT2D eigenvalue weighted by Gasteiger charge is 2.29. The van der Waals surface area contributed by atoms with Gasteiger partial charge >= 0.3 is 9.28 Å². The van der Waals surface area contributed by atoms with Crippen LogP contribution < -0.4 is 0 Å². The molecule has 1 saturated heterocycles. The first-order chi connectivity index (χ1) is 6.61. The second-order valence-corrected chi connectivity index (χ2v) is 15.0. The summed E-state index contributed by atoms with van der Waals surface area (Å²) in [6.45, 7) is 6.47. The van der Waals surface area contributed by atoms with Crippen molar-refractivity contribution in [2.24, 2.45) is 0 Å². The third-order valence-corrected chi connectivity index (χ3v) is 10.6. The molecule has 0 aromatic rings. The van der Waals surface area contributed by atoms with Crippen LogP contribution in [0.2, 0.25) is 5.04 Å². The lowest BCUT2D eigenvalue weighted by Gasteiger charge is -2.29. The molecule has 1 heterocycles. The summed E-state index contributed by atoms with van der Waals surface area (Å²) in [6.07, 6.45) is 0. The standard InChI is InChI=1S/C4H18O5Si5/c1-4(2,3)14-8-12-6-10-5-11-7-13-9-14/h14H,10-13H2,1-3H3. The molecule has 0 amide bonds. The SMILES string of the molecule is CC(C)(C)[SiH]1O[SiH2]O[SiH2]O[SiH2]O[SiH2]O1. The van der Waals surface area contributed by atoms with Gasteiger partial charge in [-0.05, 0) is 0 Å². The van der Waals surface area contributed by atoms with E-state index >= 15 is 0 Å². The summed E-state index contributed by atoms with van der Waals surface area (Å²) in [7, 11) is -4.86. The monoisotopic (exact) mass is 286 g/mol. The van der Waals surface area contributed by atoms with Crippen LogP contribution in [0.3, 0.4) is 0 Å². The van der Waals surface area contributed by atoms with Gasteiger partial charge in [0.05, 0.1) is 0 Å². The molecule has 0 atom stereocenters. The van der Waals surface area contributed by atoms with Crippen LogP contribution in [-0.4, -0.2) is 49.3 Å². The summed E-state index contributed by atoms with van der Waals surface area (Å²) >= 11 is 0. The molecule has 10 heteroatoms. The number of rotatable bonds is 0. The second kappa shape index (κ2) is 6.46. The molecule has 0 spiro atoms. The van der Waals surface area contributed by atoms with Crippen molar-refractivity contribution in [2.75, 3.05) is 0 Å². The van der Waals surface area contributed by atoms with Gasteiger partial charge in [-0.2, -0.15) is 0 Å². The van der Waals surface area contributed by atoms with Crippen molar-refractivity contribution in [3.8, 4) is 0 Å². The fraction of sp³-hybridized carbons (Fsp3) is 1.00. The van der Waals surface area contributed by atoms with E-state index in [1.165, 1.54) is 0 Å². The zero-order valence-corrected chi connectivity index (χ0v) is 15.8. The number of hydrogen-bond donors (Lipinski definition) is 0. The van der Waals surface area contributed by atoms with Crippen molar-refractivity contribution < 1.29 is 20.6 Å². The highest BCUT2D eigenvalue weighted by Crippen LogP contribution is 2.27. The van der Waals surface area contributed by atoms with Gasteiger partial charge in [-0.25, -0.2) is 0 Å². The van der Waals surface area contributed by atoms with Crippen LogP contribution in [0.15, 0.2) is 0 Å². The van der Waals surface area contributed by atoms with Gasteiger partial charge in [0.15, 0.2) is 0 Å². The van der Waals surface area contributed by atoms with E-state index in [2.05, 4.69) is 20.8 Å². The zero-order chi connectivity index (χ0) is 10.4. The quantitative estimate of drug-likeness (QED) is 0.447. The summed E-state index contributed by atoms with van der Waals surface area (Å²) in [5.41, 5.74) is 0. The van der Waals surface area contributed by atoms with Crippen molar-refractivity contribution in [3.05, 3.63) is 0 Å². The molecule has 0 bridgehead atoms. The molecule has 0 unspecified atom stereocenters. The summed E-state index contributed by atoms with van der Waals surface area (Å²) in [5, 5.41) is 0.135. The zero-order valence-electron chi connectivity index (χ0n) is 8.95. The highest BCUT2D eigenvalue weighted by molar-refractivity contribution is 6.61. The molecule has 1 rings (SSSR count). The van der Waals surface area contributed by atoms with Crippen molar-refractivity contribution in [1.29, 1.82) is 0 Å². The summed E-state index contributed by atoms with van der Waals surface area (Å²) in [4.78, 5) is 0. The van der Waals surface area contributed by atoms with Gasteiger partial charge in [-0.3, -0.25) is 0 Å². The Morgan fingerprint density at radius 1 is 0.786 bits per heavy atom. The highest BCUT2D eigenvalue weighted by atomic mass is 28.4. The Labute approximate surface area is 95.9 Å². The molecule has 0 saturated carbocycles. The average molecular weight is 287 g/mol. The minimum atomic E-state index is -1.58. The minimum absolute atomic E-state index is 0.135. The molecule has 0 N–H and O–H groups in total. The molecular formula is C4H18O5Si5. The Bertz CT molecular complexity index is 153. The topological polar surface area (TPSA) is 46.2 Å². The Kier molecular flexibility index (Phi) is 5.98. The molecule has 14 heavy (non-hydrogen) atoms. The Morgan fingerprint density at radius 3 is 1.64 bits per heavy atom. The van der Waals surface area contributed by atoms with E-state index in [-0.39, 0.29) is 5.04 Å². The van der Waals surface area contributed by atoms with E-state index in [1.54, 1.807) is 0 Å². The summed E-state index contributed by atoms with van der Waals surface area (Å²) in [6, 6.07) is 0. The lowest BCUT2D eigenvalue weighted by atomic mass is 10.3. The molecule has 0 radical (unpaired) electrons. The maximum absolute atomic E-state index is 5.74. The van der Waals surface area contributed by atoms with Crippen LogP contribution in [0.1, 0.15) is 20.8 Å².